The van der Waals surface area contributed by atoms with Crippen LogP contribution in [0.4, 0.5) is 11.4 Å². The summed E-state index contributed by atoms with van der Waals surface area (Å²) in [5.41, 5.74) is 7.40. The third kappa shape index (κ3) is 5.09. The lowest BCUT2D eigenvalue weighted by Crippen LogP contribution is -2.33. The molecule has 0 saturated heterocycles. The van der Waals surface area contributed by atoms with Crippen LogP contribution >= 0.6 is 0 Å². The van der Waals surface area contributed by atoms with Crippen LogP contribution in [0, 0.1) is 5.92 Å². The highest BCUT2D eigenvalue weighted by Crippen LogP contribution is 2.22. The summed E-state index contributed by atoms with van der Waals surface area (Å²) in [6.45, 7) is 5.26. The van der Waals surface area contributed by atoms with E-state index >= 15 is 0 Å². The summed E-state index contributed by atoms with van der Waals surface area (Å²) in [7, 11) is 4.07. The average Bonchev–Trinajstić information content (AvgIpc) is 2.29. The molecular weight excluding hydrogens is 254 g/mol. The van der Waals surface area contributed by atoms with Gasteiger partial charge in [-0.1, -0.05) is 13.8 Å². The van der Waals surface area contributed by atoms with Gasteiger partial charge in [-0.2, -0.15) is 0 Å². The molecule has 1 aromatic rings. The van der Waals surface area contributed by atoms with Gasteiger partial charge < -0.3 is 21.1 Å². The molecule has 1 aromatic carbocycles. The monoisotopic (exact) mass is 279 g/mol. The quantitative estimate of drug-likeness (QED) is 0.668. The third-order valence-electron chi connectivity index (χ3n) is 3.00. The van der Waals surface area contributed by atoms with Crippen LogP contribution in [0.3, 0.4) is 0 Å². The Morgan fingerprint density at radius 1 is 1.40 bits per heavy atom. The van der Waals surface area contributed by atoms with Crippen LogP contribution in [0.15, 0.2) is 18.2 Å². The maximum Gasteiger partial charge on any atom is 0.335 e. The molecule has 0 aliphatic carbocycles. The fourth-order valence-electron chi connectivity index (χ4n) is 2.24. The summed E-state index contributed by atoms with van der Waals surface area (Å²) >= 11 is 0. The second kappa shape index (κ2) is 7.14. The molecule has 1 atom stereocenters. The van der Waals surface area contributed by atoms with Crippen molar-refractivity contribution in [2.24, 2.45) is 5.92 Å². The normalized spacial score (nSPS) is 12.7. The topological polar surface area (TPSA) is 78.6 Å². The van der Waals surface area contributed by atoms with Crippen LogP contribution in [0.5, 0.6) is 0 Å². The molecule has 112 valence electrons. The molecule has 5 nitrogen and oxygen atoms in total. The number of hydrogen-bond donors (Lipinski definition) is 3. The zero-order valence-corrected chi connectivity index (χ0v) is 12.7. The van der Waals surface area contributed by atoms with E-state index < -0.39 is 5.97 Å². The van der Waals surface area contributed by atoms with Crippen molar-refractivity contribution in [1.29, 1.82) is 0 Å². The van der Waals surface area contributed by atoms with Crippen LogP contribution in [-0.4, -0.2) is 42.7 Å². The van der Waals surface area contributed by atoms with Gasteiger partial charge in [0.1, 0.15) is 0 Å². The molecule has 0 aliphatic rings. The number of benzene rings is 1. The van der Waals surface area contributed by atoms with Crippen molar-refractivity contribution in [3.05, 3.63) is 23.8 Å². The second-order valence-corrected chi connectivity index (χ2v) is 5.84. The number of nitrogen functional groups attached to an aromatic ring is 1. The van der Waals surface area contributed by atoms with Gasteiger partial charge in [-0.3, -0.25) is 0 Å². The lowest BCUT2D eigenvalue weighted by Gasteiger charge is -2.25. The van der Waals surface area contributed by atoms with Crippen molar-refractivity contribution < 1.29 is 9.90 Å². The summed E-state index contributed by atoms with van der Waals surface area (Å²) in [5, 5.41) is 12.4. The van der Waals surface area contributed by atoms with E-state index in [1.807, 2.05) is 14.1 Å². The molecule has 20 heavy (non-hydrogen) atoms. The van der Waals surface area contributed by atoms with Gasteiger partial charge in [0.15, 0.2) is 0 Å². The SMILES string of the molecule is CC(C)CC(CN(C)C)Nc1ccc(C(=O)O)cc1N. The number of carboxylic acid groups (broad SMARTS) is 1. The number of carbonyl (C=O) groups is 1. The van der Waals surface area contributed by atoms with Crippen LogP contribution in [0.1, 0.15) is 30.6 Å². The van der Waals surface area contributed by atoms with E-state index in [2.05, 4.69) is 24.1 Å². The Bertz CT molecular complexity index is 448. The van der Waals surface area contributed by atoms with Gasteiger partial charge in [0.2, 0.25) is 0 Å². The van der Waals surface area contributed by atoms with E-state index in [9.17, 15) is 4.79 Å². The molecule has 0 heterocycles. The number of hydrogen-bond acceptors (Lipinski definition) is 4. The highest BCUT2D eigenvalue weighted by atomic mass is 16.4. The number of aromatic carboxylic acids is 1. The van der Waals surface area contributed by atoms with E-state index in [4.69, 9.17) is 10.8 Å². The van der Waals surface area contributed by atoms with Crippen molar-refractivity contribution in [2.45, 2.75) is 26.3 Å². The summed E-state index contributed by atoms with van der Waals surface area (Å²) in [5.74, 6) is -0.387. The Hall–Kier alpha value is -1.75. The molecule has 0 amide bonds. The molecule has 0 aromatic heterocycles. The first kappa shape index (κ1) is 16.3. The van der Waals surface area contributed by atoms with Crippen molar-refractivity contribution in [3.63, 3.8) is 0 Å². The lowest BCUT2D eigenvalue weighted by molar-refractivity contribution is 0.0697. The van der Waals surface area contributed by atoms with E-state index in [1.165, 1.54) is 6.07 Å². The van der Waals surface area contributed by atoms with Crippen LogP contribution < -0.4 is 11.1 Å². The van der Waals surface area contributed by atoms with Crippen molar-refractivity contribution in [2.75, 3.05) is 31.7 Å². The fraction of sp³-hybridized carbons (Fsp3) is 0.533. The maximum atomic E-state index is 10.9. The highest BCUT2D eigenvalue weighted by molar-refractivity contribution is 5.90. The van der Waals surface area contributed by atoms with Crippen molar-refractivity contribution >= 4 is 17.3 Å². The van der Waals surface area contributed by atoms with Crippen molar-refractivity contribution in [1.82, 2.24) is 4.90 Å². The number of carboxylic acids is 1. The molecule has 0 spiro atoms. The summed E-state index contributed by atoms with van der Waals surface area (Å²) < 4.78 is 0. The minimum Gasteiger partial charge on any atom is -0.478 e. The van der Waals surface area contributed by atoms with E-state index in [0.717, 1.165) is 18.7 Å². The molecule has 4 N–H and O–H groups in total. The molecule has 1 unspecified atom stereocenters. The van der Waals surface area contributed by atoms with E-state index in [0.29, 0.717) is 11.6 Å². The fourth-order valence-corrected chi connectivity index (χ4v) is 2.24. The molecule has 5 heteroatoms. The zero-order valence-electron chi connectivity index (χ0n) is 12.7. The van der Waals surface area contributed by atoms with Gasteiger partial charge in [0.05, 0.1) is 16.9 Å². The predicted molar refractivity (Wildman–Crippen MR) is 83.2 cm³/mol. The van der Waals surface area contributed by atoms with E-state index in [-0.39, 0.29) is 11.6 Å². The summed E-state index contributed by atoms with van der Waals surface area (Å²) in [4.78, 5) is 13.0. The average molecular weight is 279 g/mol. The van der Waals surface area contributed by atoms with Gasteiger partial charge in [-0.05, 0) is 44.6 Å². The van der Waals surface area contributed by atoms with Gasteiger partial charge in [-0.25, -0.2) is 4.79 Å². The molecule has 0 saturated carbocycles. The number of likely N-dealkylation sites (N-methyl/N-ethyl adjacent to an activating group) is 1. The first-order valence-corrected chi connectivity index (χ1v) is 6.83. The zero-order chi connectivity index (χ0) is 15.3. The molecule has 0 radical (unpaired) electrons. The standard InChI is InChI=1S/C15H25N3O2/c1-10(2)7-12(9-18(3)4)17-14-6-5-11(15(19)20)8-13(14)16/h5-6,8,10,12,17H,7,9,16H2,1-4H3,(H,19,20). The largest absolute Gasteiger partial charge is 0.478 e. The molecule has 1 rings (SSSR count). The predicted octanol–water partition coefficient (Wildman–Crippen LogP) is 2.36. The van der Waals surface area contributed by atoms with Crippen LogP contribution in [0.25, 0.3) is 0 Å². The Kier molecular flexibility index (Phi) is 5.82. The number of nitrogens with one attached hydrogen (secondary N) is 1. The Morgan fingerprint density at radius 3 is 2.50 bits per heavy atom. The number of nitrogens with zero attached hydrogens (tertiary/aromatic N) is 1. The number of anilines is 2. The van der Waals surface area contributed by atoms with Gasteiger partial charge in [0.25, 0.3) is 0 Å². The molecule has 0 fully saturated rings. The van der Waals surface area contributed by atoms with Crippen molar-refractivity contribution in [3.8, 4) is 0 Å². The smallest absolute Gasteiger partial charge is 0.335 e. The van der Waals surface area contributed by atoms with Crippen LogP contribution in [-0.2, 0) is 0 Å². The Morgan fingerprint density at radius 2 is 2.05 bits per heavy atom. The molecular formula is C15H25N3O2. The number of rotatable bonds is 7. The van der Waals surface area contributed by atoms with Gasteiger partial charge in [-0.15, -0.1) is 0 Å². The number of nitrogens with two attached hydrogens (primary N) is 1. The first-order chi connectivity index (χ1) is 9.29. The van der Waals surface area contributed by atoms with Gasteiger partial charge >= 0.3 is 5.97 Å². The minimum absolute atomic E-state index is 0.209. The van der Waals surface area contributed by atoms with Gasteiger partial charge in [0, 0.05) is 12.6 Å². The minimum atomic E-state index is -0.963. The molecule has 0 bridgehead atoms. The van der Waals surface area contributed by atoms with E-state index in [1.54, 1.807) is 12.1 Å². The summed E-state index contributed by atoms with van der Waals surface area (Å²) in [6.07, 6.45) is 1.03. The first-order valence-electron chi connectivity index (χ1n) is 6.83. The molecule has 0 aliphatic heterocycles. The maximum absolute atomic E-state index is 10.9. The second-order valence-electron chi connectivity index (χ2n) is 5.84. The third-order valence-corrected chi connectivity index (χ3v) is 3.00. The summed E-state index contributed by atoms with van der Waals surface area (Å²) in [6, 6.07) is 5.08. The Labute approximate surface area is 120 Å². The Balaban J connectivity index is 2.84. The lowest BCUT2D eigenvalue weighted by atomic mass is 10.0. The van der Waals surface area contributed by atoms with Crippen LogP contribution in [0.2, 0.25) is 0 Å². The highest BCUT2D eigenvalue weighted by Gasteiger charge is 2.14.